The van der Waals surface area contributed by atoms with Gasteiger partial charge in [0, 0.05) is 18.5 Å². The van der Waals surface area contributed by atoms with Crippen LogP contribution in [0.2, 0.25) is 0 Å². The minimum absolute atomic E-state index is 0.175. The smallest absolute Gasteiger partial charge is 0.246 e. The fourth-order valence-corrected chi connectivity index (χ4v) is 4.57. The Bertz CT molecular complexity index is 801. The zero-order valence-corrected chi connectivity index (χ0v) is 13.9. The van der Waals surface area contributed by atoms with Crippen LogP contribution in [0.1, 0.15) is 50.1 Å². The summed E-state index contributed by atoms with van der Waals surface area (Å²) >= 11 is 0. The van der Waals surface area contributed by atoms with Crippen LogP contribution in [0.25, 0.3) is 0 Å². The minimum Gasteiger partial charge on any atom is -0.361 e. The van der Waals surface area contributed by atoms with Gasteiger partial charge in [-0.25, -0.2) is 12.8 Å². The molecular weight excluding hydrogens is 319 g/mol. The van der Waals surface area contributed by atoms with Gasteiger partial charge in [0.25, 0.3) is 0 Å². The Kier molecular flexibility index (Phi) is 4.25. The van der Waals surface area contributed by atoms with Crippen LogP contribution in [0, 0.1) is 5.82 Å². The summed E-state index contributed by atoms with van der Waals surface area (Å²) in [5.41, 5.74) is 0.589. The first-order valence-electron chi connectivity index (χ1n) is 7.64. The van der Waals surface area contributed by atoms with Crippen molar-refractivity contribution in [2.75, 3.05) is 6.54 Å². The molecule has 0 N–H and O–H groups in total. The summed E-state index contributed by atoms with van der Waals surface area (Å²) in [5.74, 6) is 0.158. The predicted octanol–water partition coefficient (Wildman–Crippen LogP) is 3.46. The van der Waals surface area contributed by atoms with Gasteiger partial charge in [0.2, 0.25) is 10.0 Å². The molecule has 1 aliphatic heterocycles. The van der Waals surface area contributed by atoms with Gasteiger partial charge in [-0.15, -0.1) is 0 Å². The molecule has 0 spiro atoms. The molecule has 0 aliphatic carbocycles. The summed E-state index contributed by atoms with van der Waals surface area (Å²) in [6.07, 6.45) is 1.36. The van der Waals surface area contributed by atoms with Crippen molar-refractivity contribution in [1.82, 2.24) is 9.46 Å². The quantitative estimate of drug-likeness (QED) is 0.856. The zero-order valence-electron chi connectivity index (χ0n) is 13.1. The zero-order chi connectivity index (χ0) is 16.6. The maximum absolute atomic E-state index is 13.9. The van der Waals surface area contributed by atoms with Gasteiger partial charge in [0.15, 0.2) is 0 Å². The van der Waals surface area contributed by atoms with Crippen LogP contribution in [-0.2, 0) is 10.0 Å². The lowest BCUT2D eigenvalue weighted by Gasteiger charge is -2.22. The van der Waals surface area contributed by atoms with Crippen molar-refractivity contribution in [1.29, 1.82) is 0 Å². The second kappa shape index (κ2) is 6.05. The highest BCUT2D eigenvalue weighted by Crippen LogP contribution is 2.37. The number of benzene rings is 1. The first-order valence-corrected chi connectivity index (χ1v) is 9.08. The third kappa shape index (κ3) is 2.90. The molecule has 5 nitrogen and oxygen atoms in total. The molecule has 1 aliphatic rings. The first-order chi connectivity index (χ1) is 10.9. The van der Waals surface area contributed by atoms with Crippen molar-refractivity contribution in [2.45, 2.75) is 43.5 Å². The van der Waals surface area contributed by atoms with Gasteiger partial charge >= 0.3 is 0 Å². The van der Waals surface area contributed by atoms with Crippen molar-refractivity contribution in [3.8, 4) is 0 Å². The van der Waals surface area contributed by atoms with Crippen molar-refractivity contribution in [3.05, 3.63) is 47.6 Å². The Morgan fingerprint density at radius 2 is 2.09 bits per heavy atom. The average molecular weight is 338 g/mol. The Balaban J connectivity index is 1.96. The van der Waals surface area contributed by atoms with Crippen LogP contribution in [0.4, 0.5) is 4.39 Å². The molecule has 0 radical (unpaired) electrons. The third-order valence-electron chi connectivity index (χ3n) is 4.08. The number of hydrogen-bond donors (Lipinski definition) is 0. The predicted molar refractivity (Wildman–Crippen MR) is 82.9 cm³/mol. The summed E-state index contributed by atoms with van der Waals surface area (Å²) < 4.78 is 46.2. The standard InChI is InChI=1S/C16H19FN2O3S/c1-11(2)15-10-13(18-22-15)14-7-5-9-19(14)23(20,21)16-8-4-3-6-12(16)17/h3-4,6,8,10-11,14H,5,7,9H2,1-2H3/t14-/m1/s1. The molecule has 1 aromatic heterocycles. The molecule has 1 fully saturated rings. The van der Waals surface area contributed by atoms with E-state index in [-0.39, 0.29) is 10.8 Å². The highest BCUT2D eigenvalue weighted by molar-refractivity contribution is 7.89. The minimum atomic E-state index is -3.90. The van der Waals surface area contributed by atoms with Crippen molar-refractivity contribution >= 4 is 10.0 Å². The molecule has 1 atom stereocenters. The van der Waals surface area contributed by atoms with Gasteiger partial charge < -0.3 is 4.52 Å². The molecule has 1 aromatic carbocycles. The Hall–Kier alpha value is -1.73. The van der Waals surface area contributed by atoms with E-state index in [0.717, 1.165) is 11.8 Å². The molecule has 2 aromatic rings. The molecular formula is C16H19FN2O3S. The van der Waals surface area contributed by atoms with Crippen LogP contribution in [0.15, 0.2) is 39.8 Å². The summed E-state index contributed by atoms with van der Waals surface area (Å²) in [6, 6.07) is 6.84. The van der Waals surface area contributed by atoms with Crippen LogP contribution < -0.4 is 0 Å². The van der Waals surface area contributed by atoms with E-state index in [1.54, 1.807) is 6.07 Å². The van der Waals surface area contributed by atoms with Crippen LogP contribution in [0.3, 0.4) is 0 Å². The lowest BCUT2D eigenvalue weighted by molar-refractivity contribution is 0.337. The summed E-state index contributed by atoms with van der Waals surface area (Å²) in [6.45, 7) is 4.31. The van der Waals surface area contributed by atoms with E-state index in [1.807, 2.05) is 13.8 Å². The van der Waals surface area contributed by atoms with E-state index in [9.17, 15) is 12.8 Å². The normalized spacial score (nSPS) is 19.6. The molecule has 0 unspecified atom stereocenters. The van der Waals surface area contributed by atoms with E-state index < -0.39 is 21.9 Å². The summed E-state index contributed by atoms with van der Waals surface area (Å²) in [4.78, 5) is -0.292. The number of hydrogen-bond acceptors (Lipinski definition) is 4. The first kappa shape index (κ1) is 16.1. The van der Waals surface area contributed by atoms with E-state index in [1.165, 1.54) is 22.5 Å². The SMILES string of the molecule is CC(C)c1cc([C@H]2CCCN2S(=O)(=O)c2ccccc2F)no1. The van der Waals surface area contributed by atoms with Gasteiger partial charge in [-0.2, -0.15) is 4.31 Å². The number of nitrogens with zero attached hydrogens (tertiary/aromatic N) is 2. The number of sulfonamides is 1. The van der Waals surface area contributed by atoms with Gasteiger partial charge in [-0.1, -0.05) is 31.1 Å². The second-order valence-electron chi connectivity index (χ2n) is 6.01. The molecule has 124 valence electrons. The van der Waals surface area contributed by atoms with Gasteiger partial charge in [-0.3, -0.25) is 0 Å². The lowest BCUT2D eigenvalue weighted by atomic mass is 10.1. The Morgan fingerprint density at radius 1 is 1.35 bits per heavy atom. The van der Waals surface area contributed by atoms with Gasteiger partial charge in [0.05, 0.1) is 6.04 Å². The molecule has 0 bridgehead atoms. The fourth-order valence-electron chi connectivity index (χ4n) is 2.84. The largest absolute Gasteiger partial charge is 0.361 e. The number of rotatable bonds is 4. The van der Waals surface area contributed by atoms with Crippen molar-refractivity contribution in [3.63, 3.8) is 0 Å². The highest BCUT2D eigenvalue weighted by atomic mass is 32.2. The van der Waals surface area contributed by atoms with Crippen LogP contribution in [0.5, 0.6) is 0 Å². The van der Waals surface area contributed by atoms with E-state index in [4.69, 9.17) is 4.52 Å². The number of aromatic nitrogens is 1. The molecule has 3 rings (SSSR count). The topological polar surface area (TPSA) is 63.4 Å². The lowest BCUT2D eigenvalue weighted by Crippen LogP contribution is -2.31. The number of halogens is 1. The molecule has 23 heavy (non-hydrogen) atoms. The summed E-state index contributed by atoms with van der Waals surface area (Å²) in [7, 11) is -3.90. The molecule has 7 heteroatoms. The van der Waals surface area contributed by atoms with Gasteiger partial charge in [-0.05, 0) is 25.0 Å². The third-order valence-corrected chi connectivity index (χ3v) is 6.03. The van der Waals surface area contributed by atoms with Gasteiger partial charge in [0.1, 0.15) is 22.2 Å². The van der Waals surface area contributed by atoms with Crippen LogP contribution >= 0.6 is 0 Å². The van der Waals surface area contributed by atoms with E-state index >= 15 is 0 Å². The van der Waals surface area contributed by atoms with E-state index in [0.29, 0.717) is 25.1 Å². The molecule has 1 saturated heterocycles. The summed E-state index contributed by atoms with van der Waals surface area (Å²) in [5, 5.41) is 4.02. The molecule has 2 heterocycles. The Morgan fingerprint density at radius 3 is 2.74 bits per heavy atom. The Labute approximate surface area is 135 Å². The average Bonchev–Trinajstić information content (AvgIpc) is 3.16. The van der Waals surface area contributed by atoms with E-state index in [2.05, 4.69) is 5.16 Å². The van der Waals surface area contributed by atoms with Crippen molar-refractivity contribution in [2.24, 2.45) is 0 Å². The maximum atomic E-state index is 13.9. The van der Waals surface area contributed by atoms with Crippen molar-refractivity contribution < 1.29 is 17.3 Å². The maximum Gasteiger partial charge on any atom is 0.246 e. The second-order valence-corrected chi connectivity index (χ2v) is 7.87. The molecule has 0 saturated carbocycles. The highest BCUT2D eigenvalue weighted by Gasteiger charge is 2.39. The molecule has 0 amide bonds. The van der Waals surface area contributed by atoms with Crippen LogP contribution in [-0.4, -0.2) is 24.4 Å². The fraction of sp³-hybridized carbons (Fsp3) is 0.438. The monoisotopic (exact) mass is 338 g/mol.